The van der Waals surface area contributed by atoms with Gasteiger partial charge in [-0.25, -0.2) is 4.39 Å². The fraction of sp³-hybridized carbons (Fsp3) is 0.250. The zero-order chi connectivity index (χ0) is 20.5. The predicted molar refractivity (Wildman–Crippen MR) is 114 cm³/mol. The molecule has 2 aromatic carbocycles. The lowest BCUT2D eigenvalue weighted by Crippen LogP contribution is -2.34. The van der Waals surface area contributed by atoms with Crippen LogP contribution in [0.2, 0.25) is 0 Å². The molecule has 3 aromatic rings. The van der Waals surface area contributed by atoms with Crippen molar-refractivity contribution >= 4 is 39.8 Å². The minimum absolute atomic E-state index is 0.00489. The van der Waals surface area contributed by atoms with E-state index in [4.69, 9.17) is 4.74 Å². The topological polar surface area (TPSA) is 67.3 Å². The van der Waals surface area contributed by atoms with Crippen molar-refractivity contribution in [2.24, 2.45) is 0 Å². The first-order chi connectivity index (χ1) is 14.2. The molecule has 0 saturated heterocycles. The number of carbonyl (C=O) groups excluding carboxylic acids is 1. The number of aromatic nitrogens is 2. The Hall–Kier alpha value is -2.49. The number of rotatable bonds is 10. The lowest BCUT2D eigenvalue weighted by molar-refractivity contribution is -0.129. The Labute approximate surface area is 177 Å². The van der Waals surface area contributed by atoms with Gasteiger partial charge in [-0.15, -0.1) is 10.2 Å². The molecule has 0 aliphatic rings. The predicted octanol–water partition coefficient (Wildman–Crippen LogP) is 4.19. The second-order valence-electron chi connectivity index (χ2n) is 6.06. The first-order valence-corrected chi connectivity index (χ1v) is 10.7. The molecule has 0 aliphatic carbocycles. The maximum Gasteiger partial charge on any atom is 0.233 e. The van der Waals surface area contributed by atoms with E-state index in [2.05, 4.69) is 15.5 Å². The van der Waals surface area contributed by atoms with Crippen LogP contribution in [0.4, 0.5) is 15.2 Å². The van der Waals surface area contributed by atoms with Gasteiger partial charge >= 0.3 is 0 Å². The third-order valence-corrected chi connectivity index (χ3v) is 5.93. The van der Waals surface area contributed by atoms with Crippen molar-refractivity contribution in [2.75, 3.05) is 31.3 Å². The number of anilines is 2. The Morgan fingerprint density at radius 1 is 1.17 bits per heavy atom. The number of benzene rings is 2. The summed E-state index contributed by atoms with van der Waals surface area (Å²) in [4.78, 5) is 14.5. The van der Waals surface area contributed by atoms with Gasteiger partial charge in [0.1, 0.15) is 5.82 Å². The molecule has 0 bridgehead atoms. The Kier molecular flexibility index (Phi) is 7.97. The molecule has 1 N–H and O–H groups in total. The van der Waals surface area contributed by atoms with Gasteiger partial charge in [0.15, 0.2) is 4.34 Å². The van der Waals surface area contributed by atoms with E-state index in [0.29, 0.717) is 34.9 Å². The van der Waals surface area contributed by atoms with Crippen LogP contribution in [0, 0.1) is 5.82 Å². The fourth-order valence-electron chi connectivity index (χ4n) is 2.51. The Balaban J connectivity index is 1.56. The van der Waals surface area contributed by atoms with Crippen LogP contribution < -0.4 is 5.32 Å². The highest BCUT2D eigenvalue weighted by Crippen LogP contribution is 2.28. The molecule has 0 unspecified atom stereocenters. The highest BCUT2D eigenvalue weighted by molar-refractivity contribution is 8.01. The summed E-state index contributed by atoms with van der Waals surface area (Å²) in [6.45, 7) is 1.51. The third-order valence-electron chi connectivity index (χ3n) is 3.98. The molecule has 0 atom stereocenters. The molecule has 3 rings (SSSR count). The van der Waals surface area contributed by atoms with Crippen molar-refractivity contribution in [3.8, 4) is 0 Å². The molecule has 29 heavy (non-hydrogen) atoms. The van der Waals surface area contributed by atoms with Crippen LogP contribution >= 0.6 is 23.1 Å². The van der Waals surface area contributed by atoms with E-state index < -0.39 is 0 Å². The van der Waals surface area contributed by atoms with Crippen molar-refractivity contribution < 1.29 is 13.9 Å². The van der Waals surface area contributed by atoms with Crippen LogP contribution in [-0.2, 0) is 16.1 Å². The van der Waals surface area contributed by atoms with Gasteiger partial charge in [0.25, 0.3) is 0 Å². The monoisotopic (exact) mass is 432 g/mol. The first-order valence-electron chi connectivity index (χ1n) is 8.94. The second kappa shape index (κ2) is 10.9. The number of para-hydroxylation sites is 1. The molecule has 0 fully saturated rings. The number of halogens is 1. The highest BCUT2D eigenvalue weighted by atomic mass is 32.2. The van der Waals surface area contributed by atoms with Gasteiger partial charge in [-0.2, -0.15) is 0 Å². The van der Waals surface area contributed by atoms with Gasteiger partial charge < -0.3 is 15.0 Å². The van der Waals surface area contributed by atoms with Gasteiger partial charge in [-0.05, 0) is 17.7 Å². The minimum atomic E-state index is -0.359. The summed E-state index contributed by atoms with van der Waals surface area (Å²) >= 11 is 2.60. The highest BCUT2D eigenvalue weighted by Gasteiger charge is 2.16. The first kappa shape index (κ1) is 21.2. The molecule has 9 heteroatoms. The van der Waals surface area contributed by atoms with E-state index in [9.17, 15) is 9.18 Å². The number of thioether (sulfide) groups is 1. The van der Waals surface area contributed by atoms with E-state index in [1.54, 1.807) is 30.2 Å². The largest absolute Gasteiger partial charge is 0.383 e. The number of amides is 1. The number of nitrogens with zero attached hydrogens (tertiary/aromatic N) is 3. The van der Waals surface area contributed by atoms with Gasteiger partial charge in [-0.1, -0.05) is 65.6 Å². The molecule has 0 spiro atoms. The Morgan fingerprint density at radius 2 is 1.93 bits per heavy atom. The number of ether oxygens (including phenoxy) is 1. The van der Waals surface area contributed by atoms with E-state index in [1.807, 2.05) is 30.3 Å². The van der Waals surface area contributed by atoms with Gasteiger partial charge in [0.2, 0.25) is 11.0 Å². The molecular formula is C20H21FN4O2S2. The zero-order valence-electron chi connectivity index (χ0n) is 15.9. The molecule has 1 heterocycles. The van der Waals surface area contributed by atoms with Crippen molar-refractivity contribution in [3.63, 3.8) is 0 Å². The van der Waals surface area contributed by atoms with Crippen molar-refractivity contribution in [1.29, 1.82) is 0 Å². The van der Waals surface area contributed by atoms with Crippen molar-refractivity contribution in [2.45, 2.75) is 10.9 Å². The molecule has 152 valence electrons. The molecule has 0 saturated carbocycles. The van der Waals surface area contributed by atoms with Gasteiger partial charge in [0.05, 0.1) is 18.0 Å². The van der Waals surface area contributed by atoms with Crippen LogP contribution in [0.3, 0.4) is 0 Å². The summed E-state index contributed by atoms with van der Waals surface area (Å²) in [5, 5.41) is 11.5. The smallest absolute Gasteiger partial charge is 0.233 e. The fourth-order valence-corrected chi connectivity index (χ4v) is 4.18. The number of carbonyl (C=O) groups is 1. The van der Waals surface area contributed by atoms with Gasteiger partial charge in [0, 0.05) is 20.2 Å². The third kappa shape index (κ3) is 6.52. The maximum atomic E-state index is 13.7. The number of hydrogen-bond acceptors (Lipinski definition) is 7. The molecule has 0 aliphatic heterocycles. The number of methoxy groups -OCH3 is 1. The average Bonchev–Trinajstić information content (AvgIpc) is 3.19. The second-order valence-corrected chi connectivity index (χ2v) is 8.26. The molecule has 6 nitrogen and oxygen atoms in total. The van der Waals surface area contributed by atoms with E-state index in [-0.39, 0.29) is 17.5 Å². The average molecular weight is 433 g/mol. The van der Waals surface area contributed by atoms with Crippen LogP contribution in [0.1, 0.15) is 5.56 Å². The molecule has 1 amide bonds. The summed E-state index contributed by atoms with van der Waals surface area (Å²) in [6.07, 6.45) is 0. The number of nitrogens with one attached hydrogen (secondary N) is 1. The molecule has 0 radical (unpaired) electrons. The summed E-state index contributed by atoms with van der Waals surface area (Å²) < 4.78 is 19.5. The van der Waals surface area contributed by atoms with Crippen molar-refractivity contribution in [1.82, 2.24) is 15.1 Å². The maximum absolute atomic E-state index is 13.7. The summed E-state index contributed by atoms with van der Waals surface area (Å²) in [6, 6.07) is 16.2. The molecule has 1 aromatic heterocycles. The Bertz CT molecular complexity index is 924. The van der Waals surface area contributed by atoms with E-state index in [0.717, 1.165) is 5.56 Å². The van der Waals surface area contributed by atoms with Gasteiger partial charge in [-0.3, -0.25) is 4.79 Å². The van der Waals surface area contributed by atoms with E-state index in [1.165, 1.54) is 29.2 Å². The van der Waals surface area contributed by atoms with Crippen molar-refractivity contribution in [3.05, 3.63) is 66.0 Å². The van der Waals surface area contributed by atoms with E-state index >= 15 is 0 Å². The quantitative estimate of drug-likeness (QED) is 0.485. The normalized spacial score (nSPS) is 10.7. The Morgan fingerprint density at radius 3 is 2.69 bits per heavy atom. The van der Waals surface area contributed by atoms with Crippen LogP contribution in [0.15, 0.2) is 58.9 Å². The summed E-state index contributed by atoms with van der Waals surface area (Å²) in [7, 11) is 1.62. The van der Waals surface area contributed by atoms with Crippen LogP contribution in [-0.4, -0.2) is 47.0 Å². The number of hydrogen-bond donors (Lipinski definition) is 1. The van der Waals surface area contributed by atoms with Crippen LogP contribution in [0.5, 0.6) is 0 Å². The minimum Gasteiger partial charge on any atom is -0.383 e. The zero-order valence-corrected chi connectivity index (χ0v) is 17.5. The summed E-state index contributed by atoms with van der Waals surface area (Å²) in [5.74, 6) is -0.123. The lowest BCUT2D eigenvalue weighted by Gasteiger charge is -2.22. The summed E-state index contributed by atoms with van der Waals surface area (Å²) in [5.41, 5.74) is 1.40. The van der Waals surface area contributed by atoms with Crippen LogP contribution in [0.25, 0.3) is 0 Å². The molecular weight excluding hydrogens is 411 g/mol. The SMILES string of the molecule is COCCN(Cc1ccccc1)C(=O)CSc1nnc(Nc2ccccc2F)s1. The lowest BCUT2D eigenvalue weighted by atomic mass is 10.2. The standard InChI is InChI=1S/C20H21FN4O2S2/c1-27-12-11-25(13-15-7-3-2-4-8-15)18(26)14-28-20-24-23-19(29-20)22-17-10-6-5-9-16(17)21/h2-10H,11-14H2,1H3,(H,22,23).